The molecule has 0 spiro atoms. The van der Waals surface area contributed by atoms with E-state index in [1.165, 1.54) is 6.07 Å². The molecule has 0 aliphatic heterocycles. The van der Waals surface area contributed by atoms with E-state index < -0.39 is 6.10 Å². The summed E-state index contributed by atoms with van der Waals surface area (Å²) in [5, 5.41) is 16.2. The Hall–Kier alpha value is -0.520. The predicted molar refractivity (Wildman–Crippen MR) is 26.6 cm³/mol. The lowest BCUT2D eigenvalue weighted by atomic mass is 10.4. The van der Waals surface area contributed by atoms with Crippen molar-refractivity contribution < 1.29 is 5.11 Å². The fraction of sp³-hybridized carbons (Fsp3) is 0.250. The maximum atomic E-state index is 8.34. The van der Waals surface area contributed by atoms with Crippen molar-refractivity contribution in [3.8, 4) is 6.07 Å². The molecule has 0 heterocycles. The highest BCUT2D eigenvalue weighted by atomic mass is 35.5. The summed E-state index contributed by atoms with van der Waals surface area (Å²) in [5.74, 6) is 0. The molecule has 1 N–H and O–H groups in total. The lowest BCUT2D eigenvalue weighted by molar-refractivity contribution is 0.274. The second-order valence-electron chi connectivity index (χ2n) is 0.978. The van der Waals surface area contributed by atoms with Crippen LogP contribution >= 0.6 is 11.6 Å². The van der Waals surface area contributed by atoms with E-state index in [9.17, 15) is 0 Å². The summed E-state index contributed by atoms with van der Waals surface area (Å²) < 4.78 is 0. The smallest absolute Gasteiger partial charge is 0.175 e. The molecule has 0 saturated heterocycles. The summed E-state index contributed by atoms with van der Waals surface area (Å²) >= 11 is 5.06. The Morgan fingerprint density at radius 1 is 2.00 bits per heavy atom. The lowest BCUT2D eigenvalue weighted by Crippen LogP contribution is -1.99. The molecule has 0 aromatic heterocycles. The number of nitriles is 1. The fourth-order valence-corrected chi connectivity index (χ4v) is 0.119. The zero-order chi connectivity index (χ0) is 5.86. The minimum absolute atomic E-state index is 0.0394. The van der Waals surface area contributed by atoms with Crippen LogP contribution in [0.15, 0.2) is 11.6 Å². The van der Waals surface area contributed by atoms with E-state index in [0.717, 1.165) is 0 Å². The molecule has 1 atom stereocenters. The van der Waals surface area contributed by atoms with E-state index in [2.05, 4.69) is 6.58 Å². The van der Waals surface area contributed by atoms with E-state index in [1.807, 2.05) is 0 Å². The molecular weight excluding hydrogens is 114 g/mol. The molecule has 0 aromatic rings. The van der Waals surface area contributed by atoms with Gasteiger partial charge in [-0.2, -0.15) is 5.26 Å². The summed E-state index contributed by atoms with van der Waals surface area (Å²) in [6.45, 7) is 3.12. The van der Waals surface area contributed by atoms with Gasteiger partial charge in [0, 0.05) is 0 Å². The van der Waals surface area contributed by atoms with Crippen LogP contribution in [-0.4, -0.2) is 11.2 Å². The fourth-order valence-electron chi connectivity index (χ4n) is 0.0700. The average molecular weight is 118 g/mol. The molecule has 0 aliphatic rings. The third kappa shape index (κ3) is 2.21. The Bertz CT molecular complexity index is 115. The molecule has 1 unspecified atom stereocenters. The second kappa shape index (κ2) is 2.62. The summed E-state index contributed by atoms with van der Waals surface area (Å²) in [7, 11) is 0. The molecule has 0 saturated carbocycles. The normalized spacial score (nSPS) is 12.1. The zero-order valence-corrected chi connectivity index (χ0v) is 4.31. The summed E-state index contributed by atoms with van der Waals surface area (Å²) in [6.07, 6.45) is -1.22. The van der Waals surface area contributed by atoms with Crippen LogP contribution in [-0.2, 0) is 0 Å². The van der Waals surface area contributed by atoms with Crippen molar-refractivity contribution in [2.45, 2.75) is 6.10 Å². The molecule has 0 fully saturated rings. The van der Waals surface area contributed by atoms with Crippen LogP contribution < -0.4 is 0 Å². The number of nitrogens with zero attached hydrogens (tertiary/aromatic N) is 1. The highest BCUT2D eigenvalue weighted by molar-refractivity contribution is 6.30. The Morgan fingerprint density at radius 3 is 2.43 bits per heavy atom. The Labute approximate surface area is 46.6 Å². The third-order valence-electron chi connectivity index (χ3n) is 0.419. The van der Waals surface area contributed by atoms with Gasteiger partial charge in [-0.25, -0.2) is 0 Å². The van der Waals surface area contributed by atoms with E-state index in [-0.39, 0.29) is 5.03 Å². The van der Waals surface area contributed by atoms with Gasteiger partial charge < -0.3 is 5.11 Å². The number of hydrogen-bond donors (Lipinski definition) is 1. The van der Waals surface area contributed by atoms with Crippen molar-refractivity contribution in [1.82, 2.24) is 0 Å². The first-order valence-electron chi connectivity index (χ1n) is 1.60. The first-order valence-corrected chi connectivity index (χ1v) is 1.98. The van der Waals surface area contributed by atoms with E-state index in [1.54, 1.807) is 0 Å². The number of aliphatic hydroxyl groups excluding tert-OH is 1. The van der Waals surface area contributed by atoms with E-state index >= 15 is 0 Å². The molecule has 3 heteroatoms. The largest absolute Gasteiger partial charge is 0.373 e. The average Bonchev–Trinajstić information content (AvgIpc) is 1.65. The molecule has 0 radical (unpaired) electrons. The maximum Gasteiger partial charge on any atom is 0.175 e. The van der Waals surface area contributed by atoms with Gasteiger partial charge >= 0.3 is 0 Å². The second-order valence-corrected chi connectivity index (χ2v) is 1.46. The molecule has 0 bridgehead atoms. The van der Waals surface area contributed by atoms with Gasteiger partial charge in [-0.05, 0) is 0 Å². The highest BCUT2D eigenvalue weighted by Gasteiger charge is 2.00. The first kappa shape index (κ1) is 6.48. The minimum atomic E-state index is -1.22. The molecule has 2 nitrogen and oxygen atoms in total. The summed E-state index contributed by atoms with van der Waals surface area (Å²) in [4.78, 5) is 0. The van der Waals surface area contributed by atoms with Crippen molar-refractivity contribution in [3.05, 3.63) is 11.6 Å². The topological polar surface area (TPSA) is 44.0 Å². The Morgan fingerprint density at radius 2 is 2.43 bits per heavy atom. The Kier molecular flexibility index (Phi) is 2.42. The van der Waals surface area contributed by atoms with Crippen LogP contribution in [0.1, 0.15) is 0 Å². The van der Waals surface area contributed by atoms with Gasteiger partial charge in [0.2, 0.25) is 0 Å². The van der Waals surface area contributed by atoms with Crippen LogP contribution in [0.5, 0.6) is 0 Å². The van der Waals surface area contributed by atoms with Crippen LogP contribution in [0, 0.1) is 11.3 Å². The number of rotatable bonds is 1. The Balaban J connectivity index is 3.63. The van der Waals surface area contributed by atoms with Gasteiger partial charge in [0.05, 0.1) is 11.1 Å². The number of halogens is 1. The van der Waals surface area contributed by atoms with Crippen molar-refractivity contribution in [2.24, 2.45) is 0 Å². The van der Waals surface area contributed by atoms with Gasteiger partial charge in [0.15, 0.2) is 6.10 Å². The lowest BCUT2D eigenvalue weighted by Gasteiger charge is -1.91. The molecule has 0 aromatic carbocycles. The molecule has 0 aliphatic carbocycles. The maximum absolute atomic E-state index is 8.34. The molecule has 0 rings (SSSR count). The van der Waals surface area contributed by atoms with E-state index in [4.69, 9.17) is 22.0 Å². The van der Waals surface area contributed by atoms with Crippen molar-refractivity contribution in [3.63, 3.8) is 0 Å². The zero-order valence-electron chi connectivity index (χ0n) is 3.56. The predicted octanol–water partition coefficient (Wildman–Crippen LogP) is 0.623. The number of aliphatic hydroxyl groups is 1. The van der Waals surface area contributed by atoms with Crippen LogP contribution in [0.2, 0.25) is 0 Å². The number of hydrogen-bond acceptors (Lipinski definition) is 2. The van der Waals surface area contributed by atoms with Crippen molar-refractivity contribution in [2.75, 3.05) is 0 Å². The van der Waals surface area contributed by atoms with Gasteiger partial charge in [0.1, 0.15) is 0 Å². The van der Waals surface area contributed by atoms with Crippen LogP contribution in [0.25, 0.3) is 0 Å². The van der Waals surface area contributed by atoms with Gasteiger partial charge in [0.25, 0.3) is 0 Å². The van der Waals surface area contributed by atoms with Crippen molar-refractivity contribution in [1.29, 1.82) is 5.26 Å². The van der Waals surface area contributed by atoms with Crippen LogP contribution in [0.3, 0.4) is 0 Å². The van der Waals surface area contributed by atoms with Crippen LogP contribution in [0.4, 0.5) is 0 Å². The monoisotopic (exact) mass is 117 g/mol. The van der Waals surface area contributed by atoms with Gasteiger partial charge in [-0.1, -0.05) is 18.2 Å². The molecule has 7 heavy (non-hydrogen) atoms. The summed E-state index contributed by atoms with van der Waals surface area (Å²) in [6, 6.07) is 1.49. The molecule has 0 amide bonds. The first-order chi connectivity index (χ1) is 3.18. The minimum Gasteiger partial charge on any atom is -0.373 e. The molecule has 38 valence electrons. The SMILES string of the molecule is C=C(Cl)C(O)C#N. The standard InChI is InChI=1S/C4H4ClNO/c1-3(5)4(7)2-6/h4,7H,1H2. The quantitative estimate of drug-likeness (QED) is 0.512. The van der Waals surface area contributed by atoms with Crippen molar-refractivity contribution >= 4 is 11.6 Å². The highest BCUT2D eigenvalue weighted by Crippen LogP contribution is 2.01. The van der Waals surface area contributed by atoms with Gasteiger partial charge in [-0.15, -0.1) is 0 Å². The van der Waals surface area contributed by atoms with E-state index in [0.29, 0.717) is 0 Å². The summed E-state index contributed by atoms with van der Waals surface area (Å²) in [5.41, 5.74) is 0. The molecular formula is C4H4ClNO. The third-order valence-corrected chi connectivity index (χ3v) is 0.626. The van der Waals surface area contributed by atoms with Gasteiger partial charge in [-0.3, -0.25) is 0 Å².